The van der Waals surface area contributed by atoms with Gasteiger partial charge in [-0.15, -0.1) is 0 Å². The molecule has 1 unspecified atom stereocenters. The maximum absolute atomic E-state index is 11.9. The highest BCUT2D eigenvalue weighted by molar-refractivity contribution is 5.81. The lowest BCUT2D eigenvalue weighted by Gasteiger charge is -2.40. The molecular formula is C14H24N2O3. The molecule has 1 aromatic rings. The van der Waals surface area contributed by atoms with Gasteiger partial charge in [-0.05, 0) is 46.8 Å². The van der Waals surface area contributed by atoms with Crippen molar-refractivity contribution in [2.45, 2.75) is 58.3 Å². The molecule has 0 radical (unpaired) electrons. The van der Waals surface area contributed by atoms with Gasteiger partial charge in [-0.3, -0.25) is 10.1 Å². The average Bonchev–Trinajstić information content (AvgIpc) is 2.76. The quantitative estimate of drug-likeness (QED) is 0.729. The van der Waals surface area contributed by atoms with Gasteiger partial charge in [0.25, 0.3) is 0 Å². The number of amides is 1. The number of nitrogens with one attached hydrogen (secondary N) is 2. The molecule has 0 aromatic carbocycles. The Labute approximate surface area is 114 Å². The summed E-state index contributed by atoms with van der Waals surface area (Å²) in [5.41, 5.74) is -1.50. The Balaban J connectivity index is 2.49. The fourth-order valence-electron chi connectivity index (χ4n) is 1.52. The molecule has 3 N–H and O–H groups in total. The Hall–Kier alpha value is -1.33. The van der Waals surface area contributed by atoms with E-state index >= 15 is 0 Å². The zero-order chi connectivity index (χ0) is 14.7. The fourth-order valence-corrected chi connectivity index (χ4v) is 1.52. The van der Waals surface area contributed by atoms with Crippen molar-refractivity contribution in [2.75, 3.05) is 0 Å². The SMILES string of the molecule is CC(NC(C)(C)C(C)(C)O)C(=O)NCc1ccco1. The minimum absolute atomic E-state index is 0.131. The van der Waals surface area contributed by atoms with Gasteiger partial charge >= 0.3 is 0 Å². The Bertz CT molecular complexity index is 405. The van der Waals surface area contributed by atoms with Crippen LogP contribution in [0.15, 0.2) is 22.8 Å². The van der Waals surface area contributed by atoms with Crippen molar-refractivity contribution in [2.24, 2.45) is 0 Å². The smallest absolute Gasteiger partial charge is 0.237 e. The van der Waals surface area contributed by atoms with Crippen molar-refractivity contribution >= 4 is 5.91 Å². The van der Waals surface area contributed by atoms with Crippen LogP contribution in [0.3, 0.4) is 0 Å². The van der Waals surface area contributed by atoms with E-state index in [9.17, 15) is 9.90 Å². The zero-order valence-electron chi connectivity index (χ0n) is 12.3. The second-order valence-corrected chi connectivity index (χ2v) is 5.85. The third-order valence-corrected chi connectivity index (χ3v) is 3.52. The van der Waals surface area contributed by atoms with E-state index in [2.05, 4.69) is 10.6 Å². The molecule has 0 aliphatic carbocycles. The largest absolute Gasteiger partial charge is 0.467 e. The first-order valence-electron chi connectivity index (χ1n) is 6.43. The van der Waals surface area contributed by atoms with E-state index in [1.54, 1.807) is 39.2 Å². The van der Waals surface area contributed by atoms with Crippen LogP contribution in [0, 0.1) is 0 Å². The molecule has 1 aromatic heterocycles. The Kier molecular flexibility index (Phi) is 4.76. The van der Waals surface area contributed by atoms with E-state index in [0.717, 1.165) is 0 Å². The molecule has 5 heteroatoms. The predicted molar refractivity (Wildman–Crippen MR) is 73.5 cm³/mol. The van der Waals surface area contributed by atoms with E-state index in [4.69, 9.17) is 4.42 Å². The highest BCUT2D eigenvalue weighted by Gasteiger charge is 2.36. The lowest BCUT2D eigenvalue weighted by atomic mass is 9.85. The van der Waals surface area contributed by atoms with E-state index in [1.807, 2.05) is 13.8 Å². The van der Waals surface area contributed by atoms with Crippen LogP contribution in [0.5, 0.6) is 0 Å². The molecule has 0 spiro atoms. The average molecular weight is 268 g/mol. The topological polar surface area (TPSA) is 74.5 Å². The van der Waals surface area contributed by atoms with Crippen molar-refractivity contribution in [3.05, 3.63) is 24.2 Å². The predicted octanol–water partition coefficient (Wildman–Crippen LogP) is 1.42. The molecular weight excluding hydrogens is 244 g/mol. The number of hydrogen-bond donors (Lipinski definition) is 3. The maximum Gasteiger partial charge on any atom is 0.237 e. The van der Waals surface area contributed by atoms with Crippen molar-refractivity contribution < 1.29 is 14.3 Å². The minimum atomic E-state index is -0.928. The second-order valence-electron chi connectivity index (χ2n) is 5.85. The van der Waals surface area contributed by atoms with Crippen LogP contribution in [0.2, 0.25) is 0 Å². The van der Waals surface area contributed by atoms with Crippen LogP contribution in [0.25, 0.3) is 0 Å². The maximum atomic E-state index is 11.9. The number of aliphatic hydroxyl groups is 1. The molecule has 5 nitrogen and oxygen atoms in total. The lowest BCUT2D eigenvalue weighted by Crippen LogP contribution is -2.61. The fraction of sp³-hybridized carbons (Fsp3) is 0.643. The van der Waals surface area contributed by atoms with Crippen LogP contribution >= 0.6 is 0 Å². The summed E-state index contributed by atoms with van der Waals surface area (Å²) in [6.45, 7) is 9.29. The van der Waals surface area contributed by atoms with Gasteiger partial charge in [0.1, 0.15) is 5.76 Å². The summed E-state index contributed by atoms with van der Waals surface area (Å²) in [5, 5.41) is 16.0. The third kappa shape index (κ3) is 4.36. The lowest BCUT2D eigenvalue weighted by molar-refractivity contribution is -0.124. The Morgan fingerprint density at radius 1 is 1.42 bits per heavy atom. The number of hydrogen-bond acceptors (Lipinski definition) is 4. The molecule has 108 valence electrons. The highest BCUT2D eigenvalue weighted by atomic mass is 16.3. The molecule has 1 atom stereocenters. The number of rotatable bonds is 6. The summed E-state index contributed by atoms with van der Waals surface area (Å²) in [6.07, 6.45) is 1.57. The van der Waals surface area contributed by atoms with Gasteiger partial charge < -0.3 is 14.8 Å². The molecule has 0 aliphatic heterocycles. The summed E-state index contributed by atoms with van der Waals surface area (Å²) in [6, 6.07) is 3.18. The van der Waals surface area contributed by atoms with Gasteiger partial charge in [-0.1, -0.05) is 0 Å². The van der Waals surface area contributed by atoms with E-state index in [1.165, 1.54) is 0 Å². The normalized spacial score (nSPS) is 14.2. The standard InChI is InChI=1S/C14H24N2O3/c1-10(16-13(2,3)14(4,5)18)12(17)15-9-11-7-6-8-19-11/h6-8,10,16,18H,9H2,1-5H3,(H,15,17). The van der Waals surface area contributed by atoms with Crippen molar-refractivity contribution in [3.8, 4) is 0 Å². The highest BCUT2D eigenvalue weighted by Crippen LogP contribution is 2.21. The van der Waals surface area contributed by atoms with E-state index in [0.29, 0.717) is 12.3 Å². The number of carbonyl (C=O) groups is 1. The second kappa shape index (κ2) is 5.75. The molecule has 0 saturated carbocycles. The molecule has 1 rings (SSSR count). The minimum Gasteiger partial charge on any atom is -0.467 e. The van der Waals surface area contributed by atoms with Crippen LogP contribution in [-0.4, -0.2) is 28.2 Å². The first-order valence-corrected chi connectivity index (χ1v) is 6.43. The van der Waals surface area contributed by atoms with E-state index < -0.39 is 17.2 Å². The van der Waals surface area contributed by atoms with Gasteiger partial charge in [-0.2, -0.15) is 0 Å². The monoisotopic (exact) mass is 268 g/mol. The molecule has 1 heterocycles. The van der Waals surface area contributed by atoms with Gasteiger partial charge in [0.15, 0.2) is 0 Å². The molecule has 1 amide bonds. The number of carbonyl (C=O) groups excluding carboxylic acids is 1. The first kappa shape index (κ1) is 15.7. The van der Waals surface area contributed by atoms with E-state index in [-0.39, 0.29) is 5.91 Å². The van der Waals surface area contributed by atoms with Gasteiger partial charge in [0.2, 0.25) is 5.91 Å². The molecule has 0 aliphatic rings. The van der Waals surface area contributed by atoms with Crippen LogP contribution in [-0.2, 0) is 11.3 Å². The Morgan fingerprint density at radius 2 is 2.05 bits per heavy atom. The summed E-state index contributed by atoms with van der Waals surface area (Å²) < 4.78 is 5.14. The van der Waals surface area contributed by atoms with Crippen molar-refractivity contribution in [1.82, 2.24) is 10.6 Å². The van der Waals surface area contributed by atoms with Crippen LogP contribution < -0.4 is 10.6 Å². The summed E-state index contributed by atoms with van der Waals surface area (Å²) in [4.78, 5) is 11.9. The van der Waals surface area contributed by atoms with Gasteiger partial charge in [-0.25, -0.2) is 0 Å². The van der Waals surface area contributed by atoms with Crippen molar-refractivity contribution in [1.29, 1.82) is 0 Å². The van der Waals surface area contributed by atoms with Crippen LogP contribution in [0.1, 0.15) is 40.4 Å². The van der Waals surface area contributed by atoms with Crippen LogP contribution in [0.4, 0.5) is 0 Å². The molecule has 0 saturated heterocycles. The van der Waals surface area contributed by atoms with Gasteiger partial charge in [0.05, 0.1) is 24.5 Å². The first-order chi connectivity index (χ1) is 8.63. The molecule has 0 fully saturated rings. The molecule has 19 heavy (non-hydrogen) atoms. The Morgan fingerprint density at radius 3 is 2.53 bits per heavy atom. The molecule has 0 bridgehead atoms. The summed E-state index contributed by atoms with van der Waals surface area (Å²) in [7, 11) is 0. The third-order valence-electron chi connectivity index (χ3n) is 3.52. The zero-order valence-corrected chi connectivity index (χ0v) is 12.3. The van der Waals surface area contributed by atoms with Gasteiger partial charge in [0, 0.05) is 5.54 Å². The summed E-state index contributed by atoms with van der Waals surface area (Å²) >= 11 is 0. The summed E-state index contributed by atoms with van der Waals surface area (Å²) in [5.74, 6) is 0.580. The van der Waals surface area contributed by atoms with Crippen molar-refractivity contribution in [3.63, 3.8) is 0 Å². The number of furan rings is 1.